The lowest BCUT2D eigenvalue weighted by atomic mass is 10.1. The third-order valence-electron chi connectivity index (χ3n) is 3.17. The molecule has 1 saturated heterocycles. The molecule has 124 valence electrons. The van der Waals surface area contributed by atoms with Crippen molar-refractivity contribution in [3.05, 3.63) is 17.7 Å². The van der Waals surface area contributed by atoms with E-state index in [1.807, 2.05) is 0 Å². The molecular weight excluding hydrogens is 305 g/mol. The second-order valence-electron chi connectivity index (χ2n) is 4.66. The largest absolute Gasteiger partial charge is 0.496 e. The molecule has 0 spiro atoms. The van der Waals surface area contributed by atoms with Crippen molar-refractivity contribution in [1.82, 2.24) is 0 Å². The van der Waals surface area contributed by atoms with E-state index in [4.69, 9.17) is 23.7 Å². The summed E-state index contributed by atoms with van der Waals surface area (Å²) in [4.78, 5) is 0. The van der Waals surface area contributed by atoms with Gasteiger partial charge in [-0.25, -0.2) is 0 Å². The molecule has 0 saturated carbocycles. The van der Waals surface area contributed by atoms with Crippen molar-refractivity contribution in [3.8, 4) is 17.2 Å². The van der Waals surface area contributed by atoms with Crippen molar-refractivity contribution in [2.45, 2.75) is 18.4 Å². The molecule has 1 heterocycles. The maximum Gasteiger partial charge on any atom is 0.419 e. The van der Waals surface area contributed by atoms with Crippen molar-refractivity contribution in [2.75, 3.05) is 34.5 Å². The van der Waals surface area contributed by atoms with Crippen LogP contribution in [0.25, 0.3) is 0 Å². The first-order chi connectivity index (χ1) is 10.4. The number of hydrogen-bond acceptors (Lipinski definition) is 5. The number of alkyl halides is 3. The van der Waals surface area contributed by atoms with Crippen molar-refractivity contribution >= 4 is 0 Å². The summed E-state index contributed by atoms with van der Waals surface area (Å²) in [6, 6.07) is 2.55. The standard InChI is InChI=1S/C14H17F3O5/c1-18-10-5-12(20-3)11(19-2)4-9(10)13(14(15,16)17)22-7-8-6-21-8/h4-5,8,13H,6-7H2,1-3H3/t8-,13-/m0/s1. The van der Waals surface area contributed by atoms with Gasteiger partial charge < -0.3 is 23.7 Å². The predicted octanol–water partition coefficient (Wildman–Crippen LogP) is 2.73. The van der Waals surface area contributed by atoms with Gasteiger partial charge in [0.1, 0.15) is 11.9 Å². The van der Waals surface area contributed by atoms with Crippen LogP contribution in [0.5, 0.6) is 17.2 Å². The minimum Gasteiger partial charge on any atom is -0.496 e. The number of methoxy groups -OCH3 is 3. The lowest BCUT2D eigenvalue weighted by Gasteiger charge is -2.24. The molecule has 8 heteroatoms. The predicted molar refractivity (Wildman–Crippen MR) is 70.6 cm³/mol. The van der Waals surface area contributed by atoms with E-state index in [0.29, 0.717) is 6.61 Å². The number of hydrogen-bond donors (Lipinski definition) is 0. The van der Waals surface area contributed by atoms with Gasteiger partial charge in [-0.3, -0.25) is 0 Å². The highest BCUT2D eigenvalue weighted by Gasteiger charge is 2.45. The Kier molecular flexibility index (Phi) is 5.02. The molecule has 0 aromatic heterocycles. The smallest absolute Gasteiger partial charge is 0.419 e. The van der Waals surface area contributed by atoms with Gasteiger partial charge in [0.25, 0.3) is 0 Å². The van der Waals surface area contributed by atoms with Crippen LogP contribution in [0.4, 0.5) is 13.2 Å². The van der Waals surface area contributed by atoms with Crippen LogP contribution < -0.4 is 14.2 Å². The van der Waals surface area contributed by atoms with E-state index in [1.54, 1.807) is 0 Å². The monoisotopic (exact) mass is 322 g/mol. The minimum absolute atomic E-state index is 0.0108. The Morgan fingerprint density at radius 2 is 1.64 bits per heavy atom. The number of epoxide rings is 1. The van der Waals surface area contributed by atoms with E-state index in [-0.39, 0.29) is 35.5 Å². The summed E-state index contributed by atoms with van der Waals surface area (Å²) < 4.78 is 65.0. The first kappa shape index (κ1) is 16.7. The second kappa shape index (κ2) is 6.62. The normalized spacial score (nSPS) is 18.7. The van der Waals surface area contributed by atoms with Crippen molar-refractivity contribution in [3.63, 3.8) is 0 Å². The van der Waals surface area contributed by atoms with Crippen LogP contribution in [0.1, 0.15) is 11.7 Å². The lowest BCUT2D eigenvalue weighted by Crippen LogP contribution is -2.25. The molecule has 2 atom stereocenters. The van der Waals surface area contributed by atoms with E-state index >= 15 is 0 Å². The van der Waals surface area contributed by atoms with E-state index < -0.39 is 12.3 Å². The topological polar surface area (TPSA) is 49.5 Å². The molecule has 1 aromatic carbocycles. The van der Waals surface area contributed by atoms with Gasteiger partial charge in [0.05, 0.1) is 34.5 Å². The van der Waals surface area contributed by atoms with Gasteiger partial charge in [0, 0.05) is 11.6 Å². The zero-order valence-electron chi connectivity index (χ0n) is 12.4. The average Bonchev–Trinajstić information content (AvgIpc) is 3.29. The van der Waals surface area contributed by atoms with Gasteiger partial charge in [-0.1, -0.05) is 0 Å². The van der Waals surface area contributed by atoms with Crippen LogP contribution in [0.15, 0.2) is 12.1 Å². The third kappa shape index (κ3) is 3.75. The van der Waals surface area contributed by atoms with Crippen molar-refractivity contribution in [2.24, 2.45) is 0 Å². The first-order valence-electron chi connectivity index (χ1n) is 6.50. The summed E-state index contributed by atoms with van der Waals surface area (Å²) in [5, 5.41) is 0. The van der Waals surface area contributed by atoms with E-state index in [1.165, 1.54) is 33.5 Å². The highest BCUT2D eigenvalue weighted by molar-refractivity contribution is 5.51. The molecule has 1 aromatic rings. The fraction of sp³-hybridized carbons (Fsp3) is 0.571. The minimum atomic E-state index is -4.60. The maximum absolute atomic E-state index is 13.3. The van der Waals surface area contributed by atoms with E-state index in [2.05, 4.69) is 0 Å². The Morgan fingerprint density at radius 3 is 2.09 bits per heavy atom. The number of ether oxygens (including phenoxy) is 5. The quantitative estimate of drug-likeness (QED) is 0.723. The van der Waals surface area contributed by atoms with Gasteiger partial charge in [-0.2, -0.15) is 13.2 Å². The number of halogens is 3. The molecule has 1 aliphatic heterocycles. The molecule has 1 aliphatic rings. The lowest BCUT2D eigenvalue weighted by molar-refractivity contribution is -0.225. The van der Waals surface area contributed by atoms with Crippen LogP contribution in [0, 0.1) is 0 Å². The number of benzene rings is 1. The van der Waals surface area contributed by atoms with Crippen LogP contribution in [-0.2, 0) is 9.47 Å². The Balaban J connectivity index is 2.39. The molecule has 0 aliphatic carbocycles. The molecule has 0 radical (unpaired) electrons. The molecule has 22 heavy (non-hydrogen) atoms. The Bertz CT molecular complexity index is 514. The highest BCUT2D eigenvalue weighted by atomic mass is 19.4. The van der Waals surface area contributed by atoms with Gasteiger partial charge in [0.2, 0.25) is 0 Å². The molecule has 1 fully saturated rings. The van der Waals surface area contributed by atoms with E-state index in [0.717, 1.165) is 0 Å². The molecular formula is C14H17F3O5. The summed E-state index contributed by atoms with van der Waals surface area (Å²) in [7, 11) is 4.01. The van der Waals surface area contributed by atoms with Gasteiger partial charge in [-0.05, 0) is 6.07 Å². The maximum atomic E-state index is 13.3. The molecule has 0 amide bonds. The molecule has 0 N–H and O–H groups in total. The fourth-order valence-electron chi connectivity index (χ4n) is 1.99. The van der Waals surface area contributed by atoms with Gasteiger partial charge >= 0.3 is 6.18 Å². The second-order valence-corrected chi connectivity index (χ2v) is 4.66. The van der Waals surface area contributed by atoms with Crippen molar-refractivity contribution < 1.29 is 36.9 Å². The fourth-order valence-corrected chi connectivity index (χ4v) is 1.99. The number of rotatable bonds is 7. The highest BCUT2D eigenvalue weighted by Crippen LogP contribution is 2.44. The molecule has 5 nitrogen and oxygen atoms in total. The summed E-state index contributed by atoms with van der Waals surface area (Å²) in [6.07, 6.45) is -7.01. The summed E-state index contributed by atoms with van der Waals surface area (Å²) in [6.45, 7) is 0.273. The third-order valence-corrected chi connectivity index (χ3v) is 3.17. The SMILES string of the molecule is COc1cc(OC)c([C@H](OC[C@@H]2CO2)C(F)(F)F)cc1OC. The average molecular weight is 322 g/mol. The molecule has 0 unspecified atom stereocenters. The summed E-state index contributed by atoms with van der Waals surface area (Å²) >= 11 is 0. The zero-order valence-corrected chi connectivity index (χ0v) is 12.4. The summed E-state index contributed by atoms with van der Waals surface area (Å²) in [5.74, 6) is 0.449. The summed E-state index contributed by atoms with van der Waals surface area (Å²) in [5.41, 5.74) is -0.173. The van der Waals surface area contributed by atoms with Gasteiger partial charge in [-0.15, -0.1) is 0 Å². The van der Waals surface area contributed by atoms with Gasteiger partial charge in [0.15, 0.2) is 17.6 Å². The van der Waals surface area contributed by atoms with Crippen LogP contribution in [0.3, 0.4) is 0 Å². The van der Waals surface area contributed by atoms with E-state index in [9.17, 15) is 13.2 Å². The van der Waals surface area contributed by atoms with Crippen LogP contribution >= 0.6 is 0 Å². The molecule has 2 rings (SSSR count). The Labute approximate surface area is 125 Å². The first-order valence-corrected chi connectivity index (χ1v) is 6.50. The van der Waals surface area contributed by atoms with Crippen LogP contribution in [-0.4, -0.2) is 46.8 Å². The van der Waals surface area contributed by atoms with Crippen LogP contribution in [0.2, 0.25) is 0 Å². The Morgan fingerprint density at radius 1 is 1.09 bits per heavy atom. The van der Waals surface area contributed by atoms with Crippen molar-refractivity contribution in [1.29, 1.82) is 0 Å². The zero-order chi connectivity index (χ0) is 16.3. The molecule has 0 bridgehead atoms. The Hall–Kier alpha value is -1.67.